The number of hydrogen-bond donors (Lipinski definition) is 0. The van der Waals surface area contributed by atoms with Crippen LogP contribution in [0.1, 0.15) is 167 Å². The Kier molecular flexibility index (Phi) is 16.8. The second-order valence-electron chi connectivity index (χ2n) is 39.7. The van der Waals surface area contributed by atoms with Crippen LogP contribution in [0.5, 0.6) is 0 Å². The molecule has 0 N–H and O–H groups in total. The van der Waals surface area contributed by atoms with Gasteiger partial charge in [0.15, 0.2) is 0 Å². The van der Waals surface area contributed by atoms with Crippen molar-refractivity contribution in [3.8, 4) is 55.6 Å². The molecule has 140 heavy (non-hydrogen) atoms. The Bertz CT molecular complexity index is 7710. The molecule has 0 fully saturated rings. The van der Waals surface area contributed by atoms with Crippen LogP contribution in [0, 0.1) is 0 Å². The fourth-order valence-electron chi connectivity index (χ4n) is 26.0. The third-order valence-electron chi connectivity index (χ3n) is 32.0. The molecule has 660 valence electrons. The van der Waals surface area contributed by atoms with Crippen molar-refractivity contribution in [2.75, 3.05) is 24.5 Å². The monoisotopic (exact) mass is 1800 g/mol. The number of aromatic nitrogens is 10. The fraction of sp³-hybridized carbons (Fsp3) is 0.120. The summed E-state index contributed by atoms with van der Waals surface area (Å²) in [6.07, 6.45) is 47.9. The van der Waals surface area contributed by atoms with Gasteiger partial charge in [0.25, 0.3) is 0 Å². The van der Waals surface area contributed by atoms with Crippen molar-refractivity contribution < 1.29 is 0 Å². The van der Waals surface area contributed by atoms with Crippen LogP contribution in [-0.2, 0) is 96.3 Å². The highest BCUT2D eigenvalue weighted by molar-refractivity contribution is 5.99. The molecule has 15 aliphatic rings. The number of fused-ring (bicyclic) bond motifs is 35. The molecule has 0 radical (unpaired) electrons. The number of pyridine rings is 10. The van der Waals surface area contributed by atoms with E-state index in [2.05, 4.69) is 290 Å². The summed E-state index contributed by atoms with van der Waals surface area (Å²) in [7, 11) is 0. The smallest absolute Gasteiger partial charge is 0.0716 e. The van der Waals surface area contributed by atoms with Gasteiger partial charge in [-0.05, 0) is 311 Å². The maximum Gasteiger partial charge on any atom is 0.0716 e. The predicted octanol–water partition coefficient (Wildman–Crippen LogP) is 26.6. The number of nitrogens with zero attached hydrogens (tertiary/aromatic N) is 15. The molecule has 20 aromatic rings. The summed E-state index contributed by atoms with van der Waals surface area (Å²) in [5.41, 5.74) is 73.4. The molecule has 5 aliphatic carbocycles. The van der Waals surface area contributed by atoms with Crippen LogP contribution in [-0.4, -0.2) is 49.8 Å². The average molecular weight is 1800 g/mol. The molecule has 10 aromatic carbocycles. The van der Waals surface area contributed by atoms with Crippen LogP contribution < -0.4 is 24.5 Å². The van der Waals surface area contributed by atoms with E-state index in [9.17, 15) is 0 Å². The Morgan fingerprint density at radius 3 is 0.721 bits per heavy atom. The second kappa shape index (κ2) is 30.1. The summed E-state index contributed by atoms with van der Waals surface area (Å²) in [6, 6.07) is 85.4. The second-order valence-corrected chi connectivity index (χ2v) is 39.7. The largest absolute Gasteiger partial charge is 0.309 e. The Labute approximate surface area is 809 Å². The highest BCUT2D eigenvalue weighted by Crippen LogP contribution is 2.60. The van der Waals surface area contributed by atoms with Crippen molar-refractivity contribution in [1.82, 2.24) is 49.8 Å². The molecule has 0 spiro atoms. The van der Waals surface area contributed by atoms with Crippen LogP contribution in [0.3, 0.4) is 0 Å². The molecular weight excluding hydrogens is 1710 g/mol. The van der Waals surface area contributed by atoms with E-state index in [1.165, 1.54) is 303 Å². The molecule has 15 heteroatoms. The van der Waals surface area contributed by atoms with E-state index < -0.39 is 0 Å². The molecule has 0 unspecified atom stereocenters. The topological polar surface area (TPSA) is 145 Å². The molecule has 0 saturated heterocycles. The zero-order valence-electron chi connectivity index (χ0n) is 76.6. The van der Waals surface area contributed by atoms with Gasteiger partial charge in [0.1, 0.15) is 0 Å². The first-order valence-corrected chi connectivity index (χ1v) is 49.0. The lowest BCUT2D eigenvalue weighted by Crippen LogP contribution is -2.25. The lowest BCUT2D eigenvalue weighted by Gasteiger charge is -2.39. The van der Waals surface area contributed by atoms with Crippen molar-refractivity contribution in [1.29, 1.82) is 0 Å². The molecule has 20 heterocycles. The normalized spacial score (nSPS) is 14.6. The molecule has 0 amide bonds. The maximum absolute atomic E-state index is 4.76. The van der Waals surface area contributed by atoms with E-state index in [0.29, 0.717) is 0 Å². The standard InChI is InChI=1S/5C25H17N3/c1-2-4-20-15(3-1)9-17-11-18-12-22-25-16(5-8-27-22)10-19-14-26-7-6-23(19)28(25)24(18)13-21(17)20;1-2-4-20-15(3-1)9-17-11-18-10-16-5-8-27-22-12-19-14-26-7-6-23(19)28(25(16)22)24(18)13-21(17)20;1-2-4-20-15(3-1)9-18-11-19-10-17-6-8-27-22-12-16-5-7-26-14-24(16)28(25(17)22)23(19)13-21(18)20;1-2-4-21-15(3-1)7-16-8-17-9-19-13-27-14-20-10-18-12-26-6-5-23(18)28(25(19)20)24(17)11-22(16)21;1-2-4-21-15(3-1)7-17-9-18-10-20-13-27-12-19-8-16-5-6-26-14-24(16)28(25(19)20)23(18)11-22(17)21/h3*1-8,11,13-14H,9-10,12H2;1-6,8,11-14H,7,9-10H2;1-6,9,11-14H,7-8,10H2. The Morgan fingerprint density at radius 1 is 0.136 bits per heavy atom. The highest BCUT2D eigenvalue weighted by atomic mass is 15.2. The summed E-state index contributed by atoms with van der Waals surface area (Å²) in [5.74, 6) is 0. The number of anilines is 15. The van der Waals surface area contributed by atoms with Crippen LogP contribution in [0.2, 0.25) is 0 Å². The minimum absolute atomic E-state index is 0.853. The molecule has 0 saturated carbocycles. The first-order chi connectivity index (χ1) is 69.3. The lowest BCUT2D eigenvalue weighted by molar-refractivity contribution is 0.951. The Morgan fingerprint density at radius 2 is 0.364 bits per heavy atom. The number of hydrogen-bond acceptors (Lipinski definition) is 15. The minimum atomic E-state index is 0.853. The Hall–Kier alpha value is -17.3. The third kappa shape index (κ3) is 11.8. The zero-order chi connectivity index (χ0) is 91.2. The fourth-order valence-corrected chi connectivity index (χ4v) is 26.0. The predicted molar refractivity (Wildman–Crippen MR) is 553 cm³/mol. The summed E-state index contributed by atoms with van der Waals surface area (Å²) >= 11 is 0. The van der Waals surface area contributed by atoms with Gasteiger partial charge < -0.3 is 24.5 Å². The minimum Gasteiger partial charge on any atom is -0.309 e. The quantitative estimate of drug-likeness (QED) is 0.142. The van der Waals surface area contributed by atoms with E-state index in [1.54, 1.807) is 0 Å². The van der Waals surface area contributed by atoms with Gasteiger partial charge in [-0.1, -0.05) is 152 Å². The van der Waals surface area contributed by atoms with Gasteiger partial charge in [0, 0.05) is 163 Å². The molecule has 15 nitrogen and oxygen atoms in total. The van der Waals surface area contributed by atoms with Gasteiger partial charge in [0.2, 0.25) is 0 Å². The summed E-state index contributed by atoms with van der Waals surface area (Å²) in [6.45, 7) is 0. The van der Waals surface area contributed by atoms with Gasteiger partial charge in [-0.25, -0.2) is 0 Å². The van der Waals surface area contributed by atoms with Gasteiger partial charge >= 0.3 is 0 Å². The SMILES string of the molecule is c1ccc2c(c1)Cc1cc3c(cc1-2)N1c2ccncc2Cc2ccnc(c21)C3.c1ccc2c(c1)Cc1cc3c(cc1-2)N1c2ccncc2Cc2cncc(c21)C3.c1ccc2c(c1)Cc1cc3c(cc1-2)N1c2ccncc2Cc2nccc(c21)C3.c1ccc2c(c1)Cc1cc3c(cc1-2)N1c2cnccc2Cc2cncc(c21)C3.c1ccc2c(c1)Cc1cc3c(cc1-2)N1c2cnccc2Cc2nccc(c21)C3. The van der Waals surface area contributed by atoms with Crippen molar-refractivity contribution in [2.24, 2.45) is 0 Å². The molecule has 10 aromatic heterocycles. The molecule has 35 rings (SSSR count). The van der Waals surface area contributed by atoms with Gasteiger partial charge in [0.05, 0.1) is 115 Å². The zero-order valence-corrected chi connectivity index (χ0v) is 76.6. The maximum atomic E-state index is 4.76. The van der Waals surface area contributed by atoms with Gasteiger partial charge in [-0.3, -0.25) is 49.8 Å². The van der Waals surface area contributed by atoms with Crippen molar-refractivity contribution in [3.05, 3.63) is 503 Å². The summed E-state index contributed by atoms with van der Waals surface area (Å²) in [4.78, 5) is 57.5. The first-order valence-electron chi connectivity index (χ1n) is 49.0. The van der Waals surface area contributed by atoms with E-state index >= 15 is 0 Å². The molecule has 0 atom stereocenters. The number of benzene rings is 10. The van der Waals surface area contributed by atoms with Crippen LogP contribution in [0.4, 0.5) is 85.3 Å². The van der Waals surface area contributed by atoms with Crippen molar-refractivity contribution in [2.45, 2.75) is 96.3 Å². The van der Waals surface area contributed by atoms with Crippen molar-refractivity contribution >= 4 is 85.3 Å². The van der Waals surface area contributed by atoms with Gasteiger partial charge in [-0.15, -0.1) is 0 Å². The van der Waals surface area contributed by atoms with Crippen LogP contribution in [0.15, 0.2) is 336 Å². The Balaban J connectivity index is 0.0000000806. The van der Waals surface area contributed by atoms with Crippen LogP contribution in [0.25, 0.3) is 55.6 Å². The molecule has 10 aliphatic heterocycles. The summed E-state index contributed by atoms with van der Waals surface area (Å²) < 4.78 is 0. The van der Waals surface area contributed by atoms with E-state index in [4.69, 9.17) is 15.0 Å². The summed E-state index contributed by atoms with van der Waals surface area (Å²) in [5, 5.41) is 0. The van der Waals surface area contributed by atoms with E-state index in [0.717, 1.165) is 102 Å². The average Bonchev–Trinajstić information content (AvgIpc) is 1.20. The lowest BCUT2D eigenvalue weighted by atomic mass is 9.87. The first kappa shape index (κ1) is 77.9. The molecular formula is C125H85N15. The molecule has 0 bridgehead atoms. The van der Waals surface area contributed by atoms with Gasteiger partial charge in [-0.2, -0.15) is 0 Å². The van der Waals surface area contributed by atoms with E-state index in [-0.39, 0.29) is 0 Å². The van der Waals surface area contributed by atoms with E-state index in [1.807, 2.05) is 105 Å². The van der Waals surface area contributed by atoms with Crippen LogP contribution >= 0.6 is 0 Å². The number of rotatable bonds is 0. The third-order valence-corrected chi connectivity index (χ3v) is 32.0. The van der Waals surface area contributed by atoms with Crippen molar-refractivity contribution in [3.63, 3.8) is 0 Å². The highest BCUT2D eigenvalue weighted by Gasteiger charge is 2.42.